The van der Waals surface area contributed by atoms with Gasteiger partial charge in [-0.25, -0.2) is 8.42 Å². The third-order valence-corrected chi connectivity index (χ3v) is 6.34. The second-order valence-electron chi connectivity index (χ2n) is 6.48. The Hall–Kier alpha value is -2.67. The van der Waals surface area contributed by atoms with Crippen molar-refractivity contribution in [2.75, 3.05) is 12.3 Å². The van der Waals surface area contributed by atoms with E-state index in [-0.39, 0.29) is 27.9 Å². The molecule has 0 saturated carbocycles. The topological polar surface area (TPSA) is 80.8 Å². The van der Waals surface area contributed by atoms with E-state index >= 15 is 0 Å². The van der Waals surface area contributed by atoms with Crippen LogP contribution in [0.4, 0.5) is 0 Å². The molecule has 0 radical (unpaired) electrons. The third kappa shape index (κ3) is 4.36. The van der Waals surface area contributed by atoms with Crippen LogP contribution < -0.4 is 4.74 Å². The first-order valence-electron chi connectivity index (χ1n) is 8.75. The van der Waals surface area contributed by atoms with Gasteiger partial charge in [-0.3, -0.25) is 9.59 Å². The monoisotopic (exact) mass is 387 g/mol. The number of hydrogen-bond acceptors (Lipinski definition) is 5. The van der Waals surface area contributed by atoms with Gasteiger partial charge in [-0.15, -0.1) is 0 Å². The summed E-state index contributed by atoms with van der Waals surface area (Å²) in [5, 5.41) is 0. The number of ether oxygens (including phenoxy) is 1. The second-order valence-corrected chi connectivity index (χ2v) is 8.51. The van der Waals surface area contributed by atoms with Crippen LogP contribution in [0.15, 0.2) is 59.5 Å². The van der Waals surface area contributed by atoms with Crippen molar-refractivity contribution < 1.29 is 22.7 Å². The summed E-state index contributed by atoms with van der Waals surface area (Å²) in [7, 11) is -3.50. The Morgan fingerprint density at radius 2 is 1.74 bits per heavy atom. The molecule has 1 unspecified atom stereocenters. The van der Waals surface area contributed by atoms with E-state index in [1.165, 1.54) is 6.92 Å². The van der Waals surface area contributed by atoms with E-state index < -0.39 is 21.8 Å². The average molecular weight is 387 g/mol. The molecule has 0 spiro atoms. The molecule has 3 rings (SSSR count). The maximum absolute atomic E-state index is 13.0. The number of carbonyl (C=O) groups is 2. The maximum Gasteiger partial charge on any atom is 0.308 e. The van der Waals surface area contributed by atoms with Crippen LogP contribution in [0.5, 0.6) is 5.75 Å². The van der Waals surface area contributed by atoms with E-state index in [4.69, 9.17) is 4.74 Å². The molecule has 1 saturated heterocycles. The predicted octanol–water partition coefficient (Wildman–Crippen LogP) is 2.69. The predicted molar refractivity (Wildman–Crippen MR) is 100 cm³/mol. The van der Waals surface area contributed by atoms with Gasteiger partial charge < -0.3 is 9.64 Å². The molecule has 6 nitrogen and oxygen atoms in total. The van der Waals surface area contributed by atoms with Crippen LogP contribution in [0, 0.1) is 0 Å². The van der Waals surface area contributed by atoms with E-state index in [1.807, 2.05) is 0 Å². The standard InChI is InChI=1S/C20H21NO5S/c1-15(22)26-19-12-6-5-11-18(19)20(23)21-13-7-8-16(21)14-27(24,25)17-9-3-2-4-10-17/h2-6,9-12,16H,7-8,13-14H2,1H3. The van der Waals surface area contributed by atoms with Crippen LogP contribution in [0.2, 0.25) is 0 Å². The Morgan fingerprint density at radius 3 is 2.44 bits per heavy atom. The fourth-order valence-electron chi connectivity index (χ4n) is 3.30. The number of hydrogen-bond donors (Lipinski definition) is 0. The van der Waals surface area contributed by atoms with Crippen molar-refractivity contribution in [3.8, 4) is 5.75 Å². The lowest BCUT2D eigenvalue weighted by Gasteiger charge is -2.25. The Balaban J connectivity index is 1.83. The fraction of sp³-hybridized carbons (Fsp3) is 0.300. The van der Waals surface area contributed by atoms with Crippen molar-refractivity contribution in [1.82, 2.24) is 4.90 Å². The van der Waals surface area contributed by atoms with Crippen LogP contribution in [-0.2, 0) is 14.6 Å². The quantitative estimate of drug-likeness (QED) is 0.582. The first kappa shape index (κ1) is 19.1. The molecule has 0 N–H and O–H groups in total. The Kier molecular flexibility index (Phi) is 5.60. The zero-order chi connectivity index (χ0) is 19.4. The zero-order valence-electron chi connectivity index (χ0n) is 15.0. The number of amides is 1. The largest absolute Gasteiger partial charge is 0.426 e. The highest BCUT2D eigenvalue weighted by molar-refractivity contribution is 7.91. The second kappa shape index (κ2) is 7.92. The van der Waals surface area contributed by atoms with Gasteiger partial charge in [-0.2, -0.15) is 0 Å². The minimum atomic E-state index is -3.50. The summed E-state index contributed by atoms with van der Waals surface area (Å²) in [5.74, 6) is -0.776. The van der Waals surface area contributed by atoms with Gasteiger partial charge in [0.25, 0.3) is 5.91 Å². The van der Waals surface area contributed by atoms with Gasteiger partial charge in [0.2, 0.25) is 0 Å². The minimum Gasteiger partial charge on any atom is -0.426 e. The van der Waals surface area contributed by atoms with E-state index in [1.54, 1.807) is 59.5 Å². The smallest absolute Gasteiger partial charge is 0.308 e. The van der Waals surface area contributed by atoms with Crippen LogP contribution in [0.1, 0.15) is 30.1 Å². The van der Waals surface area contributed by atoms with Crippen molar-refractivity contribution in [3.63, 3.8) is 0 Å². The molecule has 27 heavy (non-hydrogen) atoms. The summed E-state index contributed by atoms with van der Waals surface area (Å²) in [6, 6.07) is 14.3. The molecule has 0 aromatic heterocycles. The van der Waals surface area contributed by atoms with Gasteiger partial charge in [0.15, 0.2) is 9.84 Å². The summed E-state index contributed by atoms with van der Waals surface area (Å²) < 4.78 is 30.5. The first-order chi connectivity index (χ1) is 12.9. The van der Waals surface area contributed by atoms with E-state index in [2.05, 4.69) is 0 Å². The van der Waals surface area contributed by atoms with Crippen molar-refractivity contribution >= 4 is 21.7 Å². The SMILES string of the molecule is CC(=O)Oc1ccccc1C(=O)N1CCCC1CS(=O)(=O)c1ccccc1. The lowest BCUT2D eigenvalue weighted by molar-refractivity contribution is -0.131. The molecule has 1 amide bonds. The summed E-state index contributed by atoms with van der Waals surface area (Å²) >= 11 is 0. The van der Waals surface area contributed by atoms with Crippen molar-refractivity contribution in [1.29, 1.82) is 0 Å². The van der Waals surface area contributed by atoms with Gasteiger partial charge in [0, 0.05) is 19.5 Å². The highest BCUT2D eigenvalue weighted by Gasteiger charge is 2.34. The molecule has 1 aliphatic rings. The highest BCUT2D eigenvalue weighted by Crippen LogP contribution is 2.27. The van der Waals surface area contributed by atoms with Crippen LogP contribution >= 0.6 is 0 Å². The molecule has 1 atom stereocenters. The van der Waals surface area contributed by atoms with Crippen LogP contribution in [0.25, 0.3) is 0 Å². The molecule has 2 aromatic carbocycles. The Morgan fingerprint density at radius 1 is 1.07 bits per heavy atom. The Labute approximate surface area is 158 Å². The van der Waals surface area contributed by atoms with Gasteiger partial charge in [0.1, 0.15) is 5.75 Å². The summed E-state index contributed by atoms with van der Waals surface area (Å²) in [4.78, 5) is 26.1. The first-order valence-corrected chi connectivity index (χ1v) is 10.4. The van der Waals surface area contributed by atoms with Crippen LogP contribution in [-0.4, -0.2) is 43.5 Å². The van der Waals surface area contributed by atoms with E-state index in [9.17, 15) is 18.0 Å². The number of sulfone groups is 1. The molecule has 142 valence electrons. The maximum atomic E-state index is 13.0. The Bertz CT molecular complexity index is 940. The van der Waals surface area contributed by atoms with E-state index in [0.717, 1.165) is 6.42 Å². The molecule has 1 heterocycles. The van der Waals surface area contributed by atoms with Gasteiger partial charge >= 0.3 is 5.97 Å². The van der Waals surface area contributed by atoms with Gasteiger partial charge in [0.05, 0.1) is 16.2 Å². The summed E-state index contributed by atoms with van der Waals surface area (Å²) in [6.07, 6.45) is 1.35. The number of benzene rings is 2. The van der Waals surface area contributed by atoms with Crippen molar-refractivity contribution in [3.05, 3.63) is 60.2 Å². The zero-order valence-corrected chi connectivity index (χ0v) is 15.8. The fourth-order valence-corrected chi connectivity index (χ4v) is 4.91. The normalized spacial score (nSPS) is 16.9. The van der Waals surface area contributed by atoms with Gasteiger partial charge in [-0.05, 0) is 37.1 Å². The molecule has 1 fully saturated rings. The number of nitrogens with zero attached hydrogens (tertiary/aromatic N) is 1. The molecular weight excluding hydrogens is 366 g/mol. The number of para-hydroxylation sites is 1. The molecule has 7 heteroatoms. The van der Waals surface area contributed by atoms with Crippen molar-refractivity contribution in [2.24, 2.45) is 0 Å². The number of carbonyl (C=O) groups excluding carboxylic acids is 2. The molecule has 1 aliphatic heterocycles. The molecule has 2 aromatic rings. The molecule has 0 aliphatic carbocycles. The molecule has 0 bridgehead atoms. The number of esters is 1. The molecular formula is C20H21NO5S. The average Bonchev–Trinajstić information content (AvgIpc) is 3.09. The number of likely N-dealkylation sites (tertiary alicyclic amines) is 1. The van der Waals surface area contributed by atoms with Crippen LogP contribution in [0.3, 0.4) is 0 Å². The lowest BCUT2D eigenvalue weighted by Crippen LogP contribution is -2.39. The highest BCUT2D eigenvalue weighted by atomic mass is 32.2. The third-order valence-electron chi connectivity index (χ3n) is 4.52. The van der Waals surface area contributed by atoms with Gasteiger partial charge in [-0.1, -0.05) is 30.3 Å². The van der Waals surface area contributed by atoms with Crippen molar-refractivity contribution in [2.45, 2.75) is 30.7 Å². The number of rotatable bonds is 5. The minimum absolute atomic E-state index is 0.127. The van der Waals surface area contributed by atoms with E-state index in [0.29, 0.717) is 13.0 Å². The summed E-state index contributed by atoms with van der Waals surface area (Å²) in [6.45, 7) is 1.74. The summed E-state index contributed by atoms with van der Waals surface area (Å²) in [5.41, 5.74) is 0.261. The lowest BCUT2D eigenvalue weighted by atomic mass is 10.1.